The summed E-state index contributed by atoms with van der Waals surface area (Å²) in [7, 11) is 0. The van der Waals surface area contributed by atoms with E-state index in [1.54, 1.807) is 30.3 Å². The molecule has 0 unspecified atom stereocenters. The third kappa shape index (κ3) is 5.78. The highest BCUT2D eigenvalue weighted by molar-refractivity contribution is 6.01. The molecule has 286 valence electrons. The van der Waals surface area contributed by atoms with Gasteiger partial charge in [-0.1, -0.05) is 147 Å². The average Bonchev–Trinajstić information content (AvgIpc) is 3.50. The number of para-hydroxylation sites is 1. The summed E-state index contributed by atoms with van der Waals surface area (Å²) in [5, 5.41) is 3.51. The normalized spacial score (nSPS) is 12.7. The monoisotopic (exact) mass is 776 g/mol. The van der Waals surface area contributed by atoms with Gasteiger partial charge in [0.05, 0.1) is 16.9 Å². The van der Waals surface area contributed by atoms with Crippen molar-refractivity contribution in [2.24, 2.45) is 0 Å². The highest BCUT2D eigenvalue weighted by atomic mass is 19.2. The van der Waals surface area contributed by atoms with E-state index in [1.165, 1.54) is 17.0 Å². The summed E-state index contributed by atoms with van der Waals surface area (Å²) in [5.74, 6) is -5.97. The van der Waals surface area contributed by atoms with E-state index >= 15 is 17.6 Å². The first kappa shape index (κ1) is 36.2. The Labute approximate surface area is 339 Å². The van der Waals surface area contributed by atoms with E-state index in [0.717, 1.165) is 49.8 Å². The van der Waals surface area contributed by atoms with Gasteiger partial charge < -0.3 is 9.80 Å². The molecule has 59 heavy (non-hydrogen) atoms. The lowest BCUT2D eigenvalue weighted by atomic mass is 9.82. The van der Waals surface area contributed by atoms with Gasteiger partial charge in [-0.25, -0.2) is 17.6 Å². The van der Waals surface area contributed by atoms with Crippen LogP contribution in [0.4, 0.5) is 51.7 Å². The van der Waals surface area contributed by atoms with E-state index in [2.05, 4.69) is 26.0 Å². The summed E-state index contributed by atoms with van der Waals surface area (Å²) in [6, 6.07) is 56.7. The minimum absolute atomic E-state index is 0.00668. The SMILES string of the molecule is CC1(C)c2ccccc2-c2ccc(N(c3c(F)c(F)c(-c4ccc(N(c5ccccc5)c5cccc6ccccc56)cc4)c(F)c3F)c3cccc4ccccc34)cc21. The number of halogens is 4. The lowest BCUT2D eigenvalue weighted by Crippen LogP contribution is -2.19. The van der Waals surface area contributed by atoms with Crippen molar-refractivity contribution in [2.45, 2.75) is 19.3 Å². The van der Waals surface area contributed by atoms with Gasteiger partial charge in [-0.2, -0.15) is 0 Å². The second-order valence-electron chi connectivity index (χ2n) is 15.4. The number of anilines is 6. The Morgan fingerprint density at radius 1 is 0.390 bits per heavy atom. The fourth-order valence-corrected chi connectivity index (χ4v) is 8.88. The van der Waals surface area contributed by atoms with Gasteiger partial charge in [-0.3, -0.25) is 0 Å². The highest BCUT2D eigenvalue weighted by Gasteiger charge is 2.37. The maximum Gasteiger partial charge on any atom is 0.186 e. The molecule has 0 atom stereocenters. The zero-order valence-corrected chi connectivity index (χ0v) is 32.2. The Hall–Kier alpha value is -7.18. The molecule has 0 fully saturated rings. The summed E-state index contributed by atoms with van der Waals surface area (Å²) in [6.07, 6.45) is 0. The van der Waals surface area contributed by atoms with Gasteiger partial charge in [-0.15, -0.1) is 0 Å². The van der Waals surface area contributed by atoms with Crippen LogP contribution in [0.2, 0.25) is 0 Å². The van der Waals surface area contributed by atoms with Gasteiger partial charge in [-0.05, 0) is 87.1 Å². The number of hydrogen-bond donors (Lipinski definition) is 0. The van der Waals surface area contributed by atoms with Crippen molar-refractivity contribution in [3.05, 3.63) is 216 Å². The quantitative estimate of drug-likeness (QED) is 0.117. The Morgan fingerprint density at radius 3 is 1.53 bits per heavy atom. The van der Waals surface area contributed by atoms with Crippen molar-refractivity contribution < 1.29 is 17.6 Å². The van der Waals surface area contributed by atoms with Gasteiger partial charge in [0.15, 0.2) is 23.3 Å². The number of fused-ring (bicyclic) bond motifs is 5. The molecule has 0 radical (unpaired) electrons. The Bertz CT molecular complexity index is 3050. The standard InChI is InChI=1S/C53H36F4N2/c1-53(2)43-23-11-10-22-41(43)42-31-30-38(32-44(42)53)59(46-25-13-17-34-15-7-9-21-40(34)46)52-50(56)48(54)47(49(55)51(52)57)35-26-28-37(29-27-35)58(36-18-4-3-5-19-36)45-24-12-16-33-14-6-8-20-39(33)45/h3-32H,1-2H3. The molecule has 0 aromatic heterocycles. The molecule has 1 aliphatic rings. The van der Waals surface area contributed by atoms with Crippen molar-refractivity contribution in [1.29, 1.82) is 0 Å². The van der Waals surface area contributed by atoms with Crippen molar-refractivity contribution in [2.75, 3.05) is 9.80 Å². The number of rotatable bonds is 7. The molecule has 10 rings (SSSR count). The average molecular weight is 777 g/mol. The zero-order chi connectivity index (χ0) is 40.4. The third-order valence-electron chi connectivity index (χ3n) is 11.7. The summed E-state index contributed by atoms with van der Waals surface area (Å²) in [6.45, 7) is 4.21. The summed E-state index contributed by atoms with van der Waals surface area (Å²) < 4.78 is 67.6. The van der Waals surface area contributed by atoms with Crippen LogP contribution >= 0.6 is 0 Å². The fraction of sp³-hybridized carbons (Fsp3) is 0.0566. The molecule has 0 saturated carbocycles. The van der Waals surface area contributed by atoms with Gasteiger partial charge >= 0.3 is 0 Å². The van der Waals surface area contributed by atoms with E-state index in [4.69, 9.17) is 0 Å². The largest absolute Gasteiger partial charge is 0.310 e. The topological polar surface area (TPSA) is 6.48 Å². The third-order valence-corrected chi connectivity index (χ3v) is 11.7. The minimum atomic E-state index is -1.50. The van der Waals surface area contributed by atoms with Gasteiger partial charge in [0, 0.05) is 33.2 Å². The molecular formula is C53H36F4N2. The molecule has 0 aliphatic heterocycles. The first-order chi connectivity index (χ1) is 28.7. The zero-order valence-electron chi connectivity index (χ0n) is 32.2. The van der Waals surface area contributed by atoms with Gasteiger partial charge in [0.25, 0.3) is 0 Å². The molecule has 2 nitrogen and oxygen atoms in total. The van der Waals surface area contributed by atoms with E-state index in [9.17, 15) is 0 Å². The molecule has 0 N–H and O–H groups in total. The molecule has 9 aromatic rings. The smallest absolute Gasteiger partial charge is 0.186 e. The predicted octanol–water partition coefficient (Wildman–Crippen LogP) is 15.5. The van der Waals surface area contributed by atoms with Crippen LogP contribution in [0.5, 0.6) is 0 Å². The summed E-state index contributed by atoms with van der Waals surface area (Å²) in [5.41, 5.74) is 5.25. The fourth-order valence-electron chi connectivity index (χ4n) is 8.88. The van der Waals surface area contributed by atoms with Crippen molar-refractivity contribution in [3.8, 4) is 22.3 Å². The molecule has 0 spiro atoms. The number of nitrogens with zero attached hydrogens (tertiary/aromatic N) is 2. The van der Waals surface area contributed by atoms with E-state index in [1.807, 2.05) is 132 Å². The summed E-state index contributed by atoms with van der Waals surface area (Å²) >= 11 is 0. The highest BCUT2D eigenvalue weighted by Crippen LogP contribution is 2.52. The molecule has 6 heteroatoms. The second kappa shape index (κ2) is 14.0. The van der Waals surface area contributed by atoms with Crippen LogP contribution < -0.4 is 9.80 Å². The van der Waals surface area contributed by atoms with Crippen LogP contribution in [0, 0.1) is 23.3 Å². The van der Waals surface area contributed by atoms with Crippen molar-refractivity contribution >= 4 is 55.7 Å². The molecule has 0 heterocycles. The van der Waals surface area contributed by atoms with Crippen molar-refractivity contribution in [1.82, 2.24) is 0 Å². The van der Waals surface area contributed by atoms with Gasteiger partial charge in [0.2, 0.25) is 0 Å². The molecular weight excluding hydrogens is 741 g/mol. The van der Waals surface area contributed by atoms with E-state index in [-0.39, 0.29) is 5.56 Å². The molecule has 9 aromatic carbocycles. The van der Waals surface area contributed by atoms with Crippen LogP contribution in [0.15, 0.2) is 182 Å². The first-order valence-electron chi connectivity index (χ1n) is 19.5. The van der Waals surface area contributed by atoms with Crippen LogP contribution in [-0.4, -0.2) is 0 Å². The van der Waals surface area contributed by atoms with Crippen LogP contribution in [0.3, 0.4) is 0 Å². The minimum Gasteiger partial charge on any atom is -0.310 e. The summed E-state index contributed by atoms with van der Waals surface area (Å²) in [4.78, 5) is 3.36. The molecule has 0 bridgehead atoms. The van der Waals surface area contributed by atoms with Crippen LogP contribution in [0.1, 0.15) is 25.0 Å². The Balaban J connectivity index is 1.12. The number of benzene rings is 9. The predicted molar refractivity (Wildman–Crippen MR) is 234 cm³/mol. The van der Waals surface area contributed by atoms with E-state index in [0.29, 0.717) is 22.4 Å². The number of hydrogen-bond acceptors (Lipinski definition) is 2. The molecule has 0 amide bonds. The lowest BCUT2D eigenvalue weighted by molar-refractivity contribution is 0.461. The van der Waals surface area contributed by atoms with Crippen LogP contribution in [-0.2, 0) is 5.41 Å². The molecule has 0 saturated heterocycles. The van der Waals surface area contributed by atoms with Crippen LogP contribution in [0.25, 0.3) is 43.8 Å². The Morgan fingerprint density at radius 2 is 0.881 bits per heavy atom. The first-order valence-corrected chi connectivity index (χ1v) is 19.5. The Kier molecular flexibility index (Phi) is 8.60. The van der Waals surface area contributed by atoms with Gasteiger partial charge in [0.1, 0.15) is 5.69 Å². The van der Waals surface area contributed by atoms with Crippen molar-refractivity contribution in [3.63, 3.8) is 0 Å². The maximum atomic E-state index is 17.0. The van der Waals surface area contributed by atoms with E-state index < -0.39 is 39.9 Å². The maximum absolute atomic E-state index is 17.0. The lowest BCUT2D eigenvalue weighted by Gasteiger charge is -2.30. The second-order valence-corrected chi connectivity index (χ2v) is 15.4. The molecule has 1 aliphatic carbocycles.